The number of carboxylic acid groups (broad SMARTS) is 1. The van der Waals surface area contributed by atoms with Gasteiger partial charge in [0.15, 0.2) is 0 Å². The summed E-state index contributed by atoms with van der Waals surface area (Å²) >= 11 is 0. The Kier molecular flexibility index (Phi) is 4.52. The summed E-state index contributed by atoms with van der Waals surface area (Å²) in [6.07, 6.45) is 1.02. The van der Waals surface area contributed by atoms with Crippen molar-refractivity contribution in [2.24, 2.45) is 0 Å². The third-order valence-electron chi connectivity index (χ3n) is 2.98. The number of aryl methyl sites for hydroxylation is 2. The van der Waals surface area contributed by atoms with Crippen molar-refractivity contribution in [3.63, 3.8) is 0 Å². The molecular weight excluding hydrogens is 248 g/mol. The molecule has 1 atom stereocenters. The SMILES string of the molecule is CCCC(C)(NC(=O)Nc1c(C)n[nH]c1C)C(=O)O. The second kappa shape index (κ2) is 5.73. The van der Waals surface area contributed by atoms with Crippen LogP contribution in [0.15, 0.2) is 0 Å². The summed E-state index contributed by atoms with van der Waals surface area (Å²) in [7, 11) is 0. The molecule has 2 amide bonds. The molecule has 19 heavy (non-hydrogen) atoms. The summed E-state index contributed by atoms with van der Waals surface area (Å²) in [5.41, 5.74) is 0.673. The Balaban J connectivity index is 2.77. The molecule has 0 saturated carbocycles. The maximum atomic E-state index is 11.9. The van der Waals surface area contributed by atoms with Crippen LogP contribution < -0.4 is 10.6 Å². The Morgan fingerprint density at radius 1 is 1.42 bits per heavy atom. The summed E-state index contributed by atoms with van der Waals surface area (Å²) < 4.78 is 0. The molecule has 0 saturated heterocycles. The van der Waals surface area contributed by atoms with E-state index in [4.69, 9.17) is 0 Å². The lowest BCUT2D eigenvalue weighted by Crippen LogP contribution is -2.53. The molecule has 0 aromatic carbocycles. The molecule has 1 rings (SSSR count). The molecule has 0 aliphatic carbocycles. The van der Waals surface area contributed by atoms with E-state index in [0.717, 1.165) is 5.69 Å². The van der Waals surface area contributed by atoms with E-state index < -0.39 is 17.5 Å². The van der Waals surface area contributed by atoms with E-state index in [2.05, 4.69) is 20.8 Å². The zero-order valence-electron chi connectivity index (χ0n) is 11.6. The number of carbonyl (C=O) groups excluding carboxylic acids is 1. The summed E-state index contributed by atoms with van der Waals surface area (Å²) in [4.78, 5) is 23.1. The molecule has 0 aliphatic heterocycles. The summed E-state index contributed by atoms with van der Waals surface area (Å²) in [5.74, 6) is -1.05. The predicted molar refractivity (Wildman–Crippen MR) is 71.2 cm³/mol. The van der Waals surface area contributed by atoms with Gasteiger partial charge in [-0.15, -0.1) is 0 Å². The van der Waals surface area contributed by atoms with Crippen LogP contribution in [0, 0.1) is 13.8 Å². The van der Waals surface area contributed by atoms with Gasteiger partial charge in [0.1, 0.15) is 5.54 Å². The van der Waals surface area contributed by atoms with Gasteiger partial charge >= 0.3 is 12.0 Å². The summed E-state index contributed by atoms with van der Waals surface area (Å²) in [5, 5.41) is 21.0. The minimum absolute atomic E-state index is 0.360. The first-order valence-corrected chi connectivity index (χ1v) is 6.14. The fourth-order valence-corrected chi connectivity index (χ4v) is 1.85. The van der Waals surface area contributed by atoms with Crippen molar-refractivity contribution >= 4 is 17.7 Å². The fourth-order valence-electron chi connectivity index (χ4n) is 1.85. The van der Waals surface area contributed by atoms with Gasteiger partial charge in [0.05, 0.1) is 17.1 Å². The number of hydrogen-bond acceptors (Lipinski definition) is 3. The Bertz CT molecular complexity index is 464. The van der Waals surface area contributed by atoms with Gasteiger partial charge in [-0.1, -0.05) is 13.3 Å². The lowest BCUT2D eigenvalue weighted by Gasteiger charge is -2.25. The normalized spacial score (nSPS) is 13.7. The molecule has 0 aliphatic rings. The molecule has 0 fully saturated rings. The number of carbonyl (C=O) groups is 2. The summed E-state index contributed by atoms with van der Waals surface area (Å²) in [6.45, 7) is 6.89. The van der Waals surface area contributed by atoms with E-state index in [1.165, 1.54) is 6.92 Å². The Hall–Kier alpha value is -2.05. The lowest BCUT2D eigenvalue weighted by molar-refractivity contribution is -0.143. The largest absolute Gasteiger partial charge is 0.480 e. The number of aromatic nitrogens is 2. The molecule has 0 spiro atoms. The van der Waals surface area contributed by atoms with Crippen molar-refractivity contribution in [2.45, 2.75) is 46.1 Å². The molecule has 7 nitrogen and oxygen atoms in total. The maximum Gasteiger partial charge on any atom is 0.329 e. The average Bonchev–Trinajstić information content (AvgIpc) is 2.60. The quantitative estimate of drug-likeness (QED) is 0.653. The van der Waals surface area contributed by atoms with Gasteiger partial charge in [-0.25, -0.2) is 9.59 Å². The molecule has 7 heteroatoms. The highest BCUT2D eigenvalue weighted by molar-refractivity contribution is 5.94. The number of aliphatic carboxylic acids is 1. The topological polar surface area (TPSA) is 107 Å². The highest BCUT2D eigenvalue weighted by atomic mass is 16.4. The van der Waals surface area contributed by atoms with E-state index in [-0.39, 0.29) is 0 Å². The molecule has 0 bridgehead atoms. The molecule has 106 valence electrons. The van der Waals surface area contributed by atoms with Gasteiger partial charge in [-0.05, 0) is 27.2 Å². The Labute approximate surface area is 111 Å². The molecule has 1 aromatic rings. The average molecular weight is 268 g/mol. The van der Waals surface area contributed by atoms with Crippen molar-refractivity contribution in [1.29, 1.82) is 0 Å². The summed E-state index contributed by atoms with van der Waals surface area (Å²) in [6, 6.07) is -0.550. The van der Waals surface area contributed by atoms with Crippen molar-refractivity contribution in [1.82, 2.24) is 15.5 Å². The van der Waals surface area contributed by atoms with Crippen LogP contribution >= 0.6 is 0 Å². The van der Waals surface area contributed by atoms with E-state index >= 15 is 0 Å². The molecule has 0 radical (unpaired) electrons. The maximum absolute atomic E-state index is 11.9. The smallest absolute Gasteiger partial charge is 0.329 e. The number of nitrogens with zero attached hydrogens (tertiary/aromatic N) is 1. The highest BCUT2D eigenvalue weighted by Crippen LogP contribution is 2.17. The lowest BCUT2D eigenvalue weighted by atomic mass is 9.97. The molecule has 4 N–H and O–H groups in total. The van der Waals surface area contributed by atoms with E-state index in [9.17, 15) is 14.7 Å². The third kappa shape index (κ3) is 3.46. The van der Waals surface area contributed by atoms with Gasteiger partial charge in [0, 0.05) is 0 Å². The van der Waals surface area contributed by atoms with Crippen LogP contribution in [0.4, 0.5) is 10.5 Å². The predicted octanol–water partition coefficient (Wildman–Crippen LogP) is 1.79. The second-order valence-corrected chi connectivity index (χ2v) is 4.78. The van der Waals surface area contributed by atoms with Gasteiger partial charge in [0.2, 0.25) is 0 Å². The van der Waals surface area contributed by atoms with Gasteiger partial charge < -0.3 is 15.7 Å². The zero-order valence-corrected chi connectivity index (χ0v) is 11.6. The number of anilines is 1. The van der Waals surface area contributed by atoms with Crippen LogP contribution in [0.5, 0.6) is 0 Å². The van der Waals surface area contributed by atoms with Gasteiger partial charge in [-0.3, -0.25) is 5.10 Å². The number of hydrogen-bond donors (Lipinski definition) is 4. The Morgan fingerprint density at radius 3 is 2.47 bits per heavy atom. The van der Waals surface area contributed by atoms with Crippen molar-refractivity contribution in [3.05, 3.63) is 11.4 Å². The standard InChI is InChI=1S/C12H20N4O3/c1-5-6-12(4,10(17)18)14-11(19)13-9-7(2)15-16-8(9)3/h5-6H2,1-4H3,(H,15,16)(H,17,18)(H2,13,14,19). The second-order valence-electron chi connectivity index (χ2n) is 4.78. The molecule has 1 aromatic heterocycles. The number of amides is 2. The number of nitrogens with one attached hydrogen (secondary N) is 3. The molecule has 1 unspecified atom stereocenters. The van der Waals surface area contributed by atoms with E-state index in [1.54, 1.807) is 13.8 Å². The van der Waals surface area contributed by atoms with Crippen molar-refractivity contribution in [3.8, 4) is 0 Å². The number of urea groups is 1. The molecule has 1 heterocycles. The van der Waals surface area contributed by atoms with E-state index in [1.807, 2.05) is 6.92 Å². The van der Waals surface area contributed by atoms with Crippen LogP contribution in [0.25, 0.3) is 0 Å². The van der Waals surface area contributed by atoms with Crippen LogP contribution in [0.2, 0.25) is 0 Å². The highest BCUT2D eigenvalue weighted by Gasteiger charge is 2.34. The third-order valence-corrected chi connectivity index (χ3v) is 2.98. The van der Waals surface area contributed by atoms with Crippen LogP contribution in [0.3, 0.4) is 0 Å². The number of H-pyrrole nitrogens is 1. The molecular formula is C12H20N4O3. The van der Waals surface area contributed by atoms with Crippen LogP contribution in [-0.4, -0.2) is 32.8 Å². The number of aromatic amines is 1. The minimum Gasteiger partial charge on any atom is -0.480 e. The van der Waals surface area contributed by atoms with Crippen molar-refractivity contribution in [2.75, 3.05) is 5.32 Å². The fraction of sp³-hybridized carbons (Fsp3) is 0.583. The first kappa shape index (κ1) is 15.0. The van der Waals surface area contributed by atoms with E-state index in [0.29, 0.717) is 24.2 Å². The van der Waals surface area contributed by atoms with Crippen LogP contribution in [-0.2, 0) is 4.79 Å². The first-order chi connectivity index (χ1) is 8.80. The van der Waals surface area contributed by atoms with Gasteiger partial charge in [-0.2, -0.15) is 5.10 Å². The Morgan fingerprint density at radius 2 is 2.05 bits per heavy atom. The number of rotatable bonds is 5. The van der Waals surface area contributed by atoms with Gasteiger partial charge in [0.25, 0.3) is 0 Å². The van der Waals surface area contributed by atoms with Crippen molar-refractivity contribution < 1.29 is 14.7 Å². The monoisotopic (exact) mass is 268 g/mol. The first-order valence-electron chi connectivity index (χ1n) is 6.14. The minimum atomic E-state index is -1.27. The van der Waals surface area contributed by atoms with Crippen LogP contribution in [0.1, 0.15) is 38.1 Å². The number of carboxylic acids is 1. The zero-order chi connectivity index (χ0) is 14.6.